The summed E-state index contributed by atoms with van der Waals surface area (Å²) in [6.07, 6.45) is 0. The van der Waals surface area contributed by atoms with Gasteiger partial charge < -0.3 is 16.2 Å². The Kier molecular flexibility index (Phi) is 3.10. The average molecular weight is 265 g/mol. The highest BCUT2D eigenvalue weighted by Crippen LogP contribution is 2.20. The van der Waals surface area contributed by atoms with Crippen LogP contribution >= 0.6 is 0 Å². The van der Waals surface area contributed by atoms with Gasteiger partial charge in [-0.25, -0.2) is 9.18 Å². The molecule has 0 aliphatic rings. The van der Waals surface area contributed by atoms with Gasteiger partial charge in [0.05, 0.1) is 11.3 Å². The molecule has 0 spiro atoms. The number of H-pyrrole nitrogens is 1. The summed E-state index contributed by atoms with van der Waals surface area (Å²) in [5, 5.41) is 16.7. The largest absolute Gasteiger partial charge is 0.478 e. The van der Waals surface area contributed by atoms with E-state index >= 15 is 0 Å². The van der Waals surface area contributed by atoms with Crippen LogP contribution in [0.1, 0.15) is 21.0 Å². The molecule has 0 saturated carbocycles. The van der Waals surface area contributed by atoms with Crippen LogP contribution in [0, 0.1) is 5.82 Å². The van der Waals surface area contributed by atoms with Crippen molar-refractivity contribution < 1.29 is 19.1 Å². The van der Waals surface area contributed by atoms with Crippen LogP contribution in [0.5, 0.6) is 0 Å². The number of aromatic amines is 1. The number of benzene rings is 1. The lowest BCUT2D eigenvalue weighted by molar-refractivity contribution is 0.0697. The molecule has 5 N–H and O–H groups in total. The minimum atomic E-state index is -1.37. The van der Waals surface area contributed by atoms with Crippen molar-refractivity contribution in [3.63, 3.8) is 0 Å². The zero-order valence-electron chi connectivity index (χ0n) is 9.35. The lowest BCUT2D eigenvalue weighted by Gasteiger charge is -2.07. The summed E-state index contributed by atoms with van der Waals surface area (Å²) < 4.78 is 13.5. The second-order valence-corrected chi connectivity index (χ2v) is 3.46. The Hall–Kier alpha value is -2.97. The van der Waals surface area contributed by atoms with Crippen LogP contribution < -0.4 is 11.1 Å². The number of carboxylic acid groups (broad SMARTS) is 1. The number of amides is 1. The Morgan fingerprint density at radius 1 is 1.42 bits per heavy atom. The van der Waals surface area contributed by atoms with Crippen molar-refractivity contribution in [2.24, 2.45) is 0 Å². The zero-order valence-corrected chi connectivity index (χ0v) is 9.35. The number of carboxylic acids is 1. The van der Waals surface area contributed by atoms with E-state index in [0.717, 1.165) is 12.1 Å². The number of para-hydroxylation sites is 1. The summed E-state index contributed by atoms with van der Waals surface area (Å²) in [6.45, 7) is 0. The van der Waals surface area contributed by atoms with Crippen molar-refractivity contribution in [3.05, 3.63) is 35.4 Å². The molecular weight excluding hydrogens is 257 g/mol. The van der Waals surface area contributed by atoms with Gasteiger partial charge in [0.15, 0.2) is 0 Å². The number of nitrogens with one attached hydrogen (secondary N) is 2. The first kappa shape index (κ1) is 12.5. The Labute approximate surface area is 105 Å². The van der Waals surface area contributed by atoms with Crippen LogP contribution in [0.3, 0.4) is 0 Å². The normalized spacial score (nSPS) is 10.2. The quantitative estimate of drug-likeness (QED) is 0.637. The second kappa shape index (κ2) is 4.72. The molecule has 0 unspecified atom stereocenters. The summed E-state index contributed by atoms with van der Waals surface area (Å²) in [7, 11) is 0. The van der Waals surface area contributed by atoms with Gasteiger partial charge in [-0.15, -0.1) is 5.10 Å². The zero-order chi connectivity index (χ0) is 14.0. The minimum Gasteiger partial charge on any atom is -0.478 e. The highest BCUT2D eigenvalue weighted by atomic mass is 19.1. The lowest BCUT2D eigenvalue weighted by Crippen LogP contribution is -2.17. The molecule has 8 nitrogen and oxygen atoms in total. The highest BCUT2D eigenvalue weighted by molar-refractivity contribution is 6.06. The van der Waals surface area contributed by atoms with E-state index in [-0.39, 0.29) is 17.3 Å². The van der Waals surface area contributed by atoms with Crippen LogP contribution in [0.15, 0.2) is 18.2 Å². The van der Waals surface area contributed by atoms with Crippen LogP contribution in [0.4, 0.5) is 16.0 Å². The van der Waals surface area contributed by atoms with Gasteiger partial charge in [0.2, 0.25) is 11.8 Å². The summed E-state index contributed by atoms with van der Waals surface area (Å²) >= 11 is 0. The number of hydrogen-bond donors (Lipinski definition) is 4. The Morgan fingerprint density at radius 3 is 2.74 bits per heavy atom. The molecule has 9 heteroatoms. The van der Waals surface area contributed by atoms with Crippen molar-refractivity contribution in [3.8, 4) is 0 Å². The molecule has 0 aliphatic heterocycles. The minimum absolute atomic E-state index is 0.155. The first-order valence-electron chi connectivity index (χ1n) is 5.00. The Bertz CT molecular complexity index is 654. The van der Waals surface area contributed by atoms with Crippen LogP contribution in [0.25, 0.3) is 0 Å². The van der Waals surface area contributed by atoms with Crippen LogP contribution in [-0.2, 0) is 0 Å². The predicted octanol–water partition coefficient (Wildman–Crippen LogP) is 0.476. The first-order chi connectivity index (χ1) is 8.99. The molecule has 19 heavy (non-hydrogen) atoms. The summed E-state index contributed by atoms with van der Waals surface area (Å²) in [5.74, 6) is -3.50. The SMILES string of the molecule is Nc1n[nH]c(C(=O)Nc2c(F)cccc2C(=O)O)n1. The third-order valence-corrected chi connectivity index (χ3v) is 2.20. The number of nitrogens with two attached hydrogens (primary N) is 1. The standard InChI is InChI=1S/C10H8FN5O3/c11-5-3-1-2-4(9(18)19)6(5)13-8(17)7-14-10(12)16-15-7/h1-3H,(H,13,17)(H,18,19)(H3,12,14,15,16). The summed E-state index contributed by atoms with van der Waals surface area (Å²) in [5.41, 5.74) is 4.39. The topological polar surface area (TPSA) is 134 Å². The van der Waals surface area contributed by atoms with E-state index in [2.05, 4.69) is 20.5 Å². The van der Waals surface area contributed by atoms with E-state index in [1.165, 1.54) is 6.07 Å². The van der Waals surface area contributed by atoms with Gasteiger partial charge in [0.1, 0.15) is 5.82 Å². The number of rotatable bonds is 3. The molecule has 1 amide bonds. The van der Waals surface area contributed by atoms with E-state index in [4.69, 9.17) is 10.8 Å². The smallest absolute Gasteiger partial charge is 0.337 e. The molecular formula is C10H8FN5O3. The molecule has 98 valence electrons. The Morgan fingerprint density at radius 2 is 2.16 bits per heavy atom. The fourth-order valence-corrected chi connectivity index (χ4v) is 1.38. The molecule has 0 fully saturated rings. The predicted molar refractivity (Wildman–Crippen MR) is 62.1 cm³/mol. The number of carbonyl (C=O) groups is 2. The maximum absolute atomic E-state index is 13.5. The molecule has 0 bridgehead atoms. The number of aromatic carboxylic acids is 1. The molecule has 0 radical (unpaired) electrons. The molecule has 1 aromatic heterocycles. The third-order valence-electron chi connectivity index (χ3n) is 2.20. The van der Waals surface area contributed by atoms with Crippen molar-refractivity contribution in [1.82, 2.24) is 15.2 Å². The van der Waals surface area contributed by atoms with Gasteiger partial charge >= 0.3 is 5.97 Å². The van der Waals surface area contributed by atoms with Crippen molar-refractivity contribution in [2.45, 2.75) is 0 Å². The lowest BCUT2D eigenvalue weighted by atomic mass is 10.1. The summed E-state index contributed by atoms with van der Waals surface area (Å²) in [4.78, 5) is 26.2. The van der Waals surface area contributed by atoms with Gasteiger partial charge in [0, 0.05) is 0 Å². The molecule has 2 aromatic rings. The number of halogens is 1. The van der Waals surface area contributed by atoms with Crippen molar-refractivity contribution in [2.75, 3.05) is 11.1 Å². The van der Waals surface area contributed by atoms with E-state index in [0.29, 0.717) is 0 Å². The molecule has 2 rings (SSSR count). The van der Waals surface area contributed by atoms with E-state index < -0.39 is 23.4 Å². The number of aromatic nitrogens is 3. The number of hydrogen-bond acceptors (Lipinski definition) is 5. The van der Waals surface area contributed by atoms with E-state index in [1.54, 1.807) is 0 Å². The van der Waals surface area contributed by atoms with Gasteiger partial charge in [-0.3, -0.25) is 9.89 Å². The van der Waals surface area contributed by atoms with E-state index in [1.807, 2.05) is 0 Å². The number of nitrogen functional groups attached to an aromatic ring is 1. The van der Waals surface area contributed by atoms with Crippen molar-refractivity contribution in [1.29, 1.82) is 0 Å². The molecule has 0 atom stereocenters. The van der Waals surface area contributed by atoms with Crippen LogP contribution in [-0.4, -0.2) is 32.2 Å². The maximum Gasteiger partial charge on any atom is 0.337 e. The fraction of sp³-hybridized carbons (Fsp3) is 0. The Balaban J connectivity index is 2.33. The van der Waals surface area contributed by atoms with Gasteiger partial charge in [-0.2, -0.15) is 4.98 Å². The first-order valence-corrected chi connectivity index (χ1v) is 5.00. The monoisotopic (exact) mass is 265 g/mol. The van der Waals surface area contributed by atoms with Crippen LogP contribution in [0.2, 0.25) is 0 Å². The molecule has 0 saturated heterocycles. The average Bonchev–Trinajstić information content (AvgIpc) is 2.78. The second-order valence-electron chi connectivity index (χ2n) is 3.46. The van der Waals surface area contributed by atoms with Gasteiger partial charge in [-0.05, 0) is 12.1 Å². The van der Waals surface area contributed by atoms with Gasteiger partial charge in [0.25, 0.3) is 5.91 Å². The molecule has 1 heterocycles. The molecule has 1 aromatic carbocycles. The van der Waals surface area contributed by atoms with Gasteiger partial charge in [-0.1, -0.05) is 6.07 Å². The number of carbonyl (C=O) groups excluding carboxylic acids is 1. The fourth-order valence-electron chi connectivity index (χ4n) is 1.38. The number of nitrogens with zero attached hydrogens (tertiary/aromatic N) is 2. The summed E-state index contributed by atoms with van der Waals surface area (Å²) in [6, 6.07) is 3.41. The molecule has 0 aliphatic carbocycles. The third kappa shape index (κ3) is 2.49. The van der Waals surface area contributed by atoms with Crippen molar-refractivity contribution >= 4 is 23.5 Å². The van der Waals surface area contributed by atoms with E-state index in [9.17, 15) is 14.0 Å². The highest BCUT2D eigenvalue weighted by Gasteiger charge is 2.19. The number of anilines is 2. The maximum atomic E-state index is 13.5.